The van der Waals surface area contributed by atoms with E-state index in [4.69, 9.17) is 17.3 Å². The minimum atomic E-state index is 0.455. The maximum Gasteiger partial charge on any atom is 0.0334 e. The fraction of sp³-hybridized carbons (Fsp3) is 0. The monoisotopic (exact) mass is 129 g/mol. The third kappa shape index (κ3) is 5.31. The zero-order valence-corrected chi connectivity index (χ0v) is 5.28. The van der Waals surface area contributed by atoms with Crippen molar-refractivity contribution in [3.8, 4) is 0 Å². The van der Waals surface area contributed by atoms with E-state index in [1.807, 2.05) is 0 Å². The zero-order valence-electron chi connectivity index (χ0n) is 4.52. The van der Waals surface area contributed by atoms with Gasteiger partial charge in [0.05, 0.1) is 0 Å². The molecule has 0 spiro atoms. The van der Waals surface area contributed by atoms with Crippen LogP contribution in [0.25, 0.3) is 0 Å². The van der Waals surface area contributed by atoms with Crippen LogP contribution in [0.5, 0.6) is 0 Å². The van der Waals surface area contributed by atoms with E-state index < -0.39 is 0 Å². The molecule has 1 nitrogen and oxygen atoms in total. The summed E-state index contributed by atoms with van der Waals surface area (Å²) in [6.45, 7) is 6.83. The van der Waals surface area contributed by atoms with Crippen molar-refractivity contribution in [3.63, 3.8) is 0 Å². The molecule has 0 heterocycles. The molecule has 2 heteroatoms. The fourth-order valence-corrected chi connectivity index (χ4v) is 0.260. The standard InChI is InChI=1S/C6H8ClN/c1-5(7)3-4-6(2)8/h3-4H,1-2,8H2/b4-3-. The van der Waals surface area contributed by atoms with Crippen molar-refractivity contribution in [2.75, 3.05) is 0 Å². The van der Waals surface area contributed by atoms with Crippen LogP contribution in [0.2, 0.25) is 0 Å². The minimum Gasteiger partial charge on any atom is -0.399 e. The Hall–Kier alpha value is -0.690. The maximum absolute atomic E-state index is 5.34. The predicted molar refractivity (Wildman–Crippen MR) is 37.5 cm³/mol. The van der Waals surface area contributed by atoms with Crippen molar-refractivity contribution in [1.82, 2.24) is 0 Å². The topological polar surface area (TPSA) is 26.0 Å². The molecular weight excluding hydrogens is 122 g/mol. The molecule has 0 aromatic heterocycles. The molecule has 0 aromatic carbocycles. The highest BCUT2D eigenvalue weighted by molar-refractivity contribution is 6.30. The smallest absolute Gasteiger partial charge is 0.0334 e. The van der Waals surface area contributed by atoms with Crippen molar-refractivity contribution < 1.29 is 0 Å². The molecule has 0 amide bonds. The first-order chi connectivity index (χ1) is 3.63. The van der Waals surface area contributed by atoms with Crippen LogP contribution in [-0.2, 0) is 0 Å². The summed E-state index contributed by atoms with van der Waals surface area (Å²) in [6, 6.07) is 0. The van der Waals surface area contributed by atoms with Gasteiger partial charge < -0.3 is 5.73 Å². The van der Waals surface area contributed by atoms with E-state index in [-0.39, 0.29) is 0 Å². The van der Waals surface area contributed by atoms with E-state index in [1.165, 1.54) is 0 Å². The molecule has 0 aromatic rings. The summed E-state index contributed by atoms with van der Waals surface area (Å²) >= 11 is 5.34. The van der Waals surface area contributed by atoms with E-state index in [1.54, 1.807) is 12.2 Å². The Kier molecular flexibility index (Phi) is 3.04. The molecule has 8 heavy (non-hydrogen) atoms. The lowest BCUT2D eigenvalue weighted by Gasteiger charge is -1.83. The summed E-state index contributed by atoms with van der Waals surface area (Å²) in [6.07, 6.45) is 3.18. The number of hydrogen-bond donors (Lipinski definition) is 1. The van der Waals surface area contributed by atoms with Gasteiger partial charge in [0.15, 0.2) is 0 Å². The Morgan fingerprint density at radius 2 is 1.88 bits per heavy atom. The molecule has 0 saturated heterocycles. The molecule has 0 saturated carbocycles. The van der Waals surface area contributed by atoms with Gasteiger partial charge in [-0.1, -0.05) is 24.8 Å². The van der Waals surface area contributed by atoms with Crippen LogP contribution in [-0.4, -0.2) is 0 Å². The summed E-state index contributed by atoms with van der Waals surface area (Å²) in [4.78, 5) is 0. The van der Waals surface area contributed by atoms with Gasteiger partial charge in [-0.2, -0.15) is 0 Å². The fourth-order valence-electron chi connectivity index (χ4n) is 0.197. The largest absolute Gasteiger partial charge is 0.399 e. The third-order valence-corrected chi connectivity index (χ3v) is 0.604. The Labute approximate surface area is 54.1 Å². The first-order valence-electron chi connectivity index (χ1n) is 2.10. The van der Waals surface area contributed by atoms with Gasteiger partial charge in [-0.05, 0) is 12.2 Å². The van der Waals surface area contributed by atoms with Crippen molar-refractivity contribution in [3.05, 3.63) is 36.0 Å². The highest BCUT2D eigenvalue weighted by atomic mass is 35.5. The van der Waals surface area contributed by atoms with Gasteiger partial charge in [0.25, 0.3) is 0 Å². The highest BCUT2D eigenvalue weighted by Gasteiger charge is 1.75. The average molecular weight is 130 g/mol. The predicted octanol–water partition coefficient (Wildman–Crippen LogP) is 1.77. The van der Waals surface area contributed by atoms with Crippen LogP contribution in [0.4, 0.5) is 0 Å². The van der Waals surface area contributed by atoms with Crippen molar-refractivity contribution >= 4 is 11.6 Å². The lowest BCUT2D eigenvalue weighted by atomic mass is 10.4. The summed E-state index contributed by atoms with van der Waals surface area (Å²) in [7, 11) is 0. The van der Waals surface area contributed by atoms with Gasteiger partial charge in [-0.25, -0.2) is 0 Å². The van der Waals surface area contributed by atoms with E-state index in [0.29, 0.717) is 10.7 Å². The molecule has 0 aliphatic heterocycles. The first-order valence-corrected chi connectivity index (χ1v) is 2.47. The number of hydrogen-bond acceptors (Lipinski definition) is 1. The van der Waals surface area contributed by atoms with Crippen LogP contribution >= 0.6 is 11.6 Å². The Morgan fingerprint density at radius 1 is 1.38 bits per heavy atom. The Bertz CT molecular complexity index is 119. The molecule has 44 valence electrons. The minimum absolute atomic E-state index is 0.455. The van der Waals surface area contributed by atoms with Gasteiger partial charge in [0.2, 0.25) is 0 Å². The highest BCUT2D eigenvalue weighted by Crippen LogP contribution is 1.98. The van der Waals surface area contributed by atoms with E-state index in [0.717, 1.165) is 0 Å². The molecule has 0 atom stereocenters. The van der Waals surface area contributed by atoms with Crippen LogP contribution < -0.4 is 5.73 Å². The normalized spacial score (nSPS) is 9.62. The summed E-state index contributed by atoms with van der Waals surface area (Å²) in [5.74, 6) is 0. The molecule has 0 fully saturated rings. The second-order valence-corrected chi connectivity index (χ2v) is 1.84. The third-order valence-electron chi connectivity index (χ3n) is 0.478. The molecule has 0 radical (unpaired) electrons. The van der Waals surface area contributed by atoms with E-state index >= 15 is 0 Å². The number of nitrogens with two attached hydrogens (primary N) is 1. The molecule has 0 aliphatic rings. The SMILES string of the molecule is C=C(N)/C=C\C(=C)Cl. The molecule has 2 N–H and O–H groups in total. The van der Waals surface area contributed by atoms with Crippen LogP contribution in [0.3, 0.4) is 0 Å². The zero-order chi connectivity index (χ0) is 6.57. The van der Waals surface area contributed by atoms with Gasteiger partial charge in [0.1, 0.15) is 0 Å². The Morgan fingerprint density at radius 3 is 2.00 bits per heavy atom. The average Bonchev–Trinajstić information content (AvgIpc) is 1.61. The van der Waals surface area contributed by atoms with Crippen molar-refractivity contribution in [2.24, 2.45) is 5.73 Å². The van der Waals surface area contributed by atoms with E-state index in [2.05, 4.69) is 13.2 Å². The van der Waals surface area contributed by atoms with E-state index in [9.17, 15) is 0 Å². The van der Waals surface area contributed by atoms with Crippen LogP contribution in [0.1, 0.15) is 0 Å². The van der Waals surface area contributed by atoms with Crippen LogP contribution in [0.15, 0.2) is 36.0 Å². The van der Waals surface area contributed by atoms with Gasteiger partial charge in [0, 0.05) is 10.7 Å². The van der Waals surface area contributed by atoms with Gasteiger partial charge in [-0.3, -0.25) is 0 Å². The summed E-state index contributed by atoms with van der Waals surface area (Å²) < 4.78 is 0. The Balaban J connectivity index is 3.67. The molecule has 0 aliphatic carbocycles. The van der Waals surface area contributed by atoms with Gasteiger partial charge >= 0.3 is 0 Å². The van der Waals surface area contributed by atoms with Crippen LogP contribution in [0, 0.1) is 0 Å². The first kappa shape index (κ1) is 7.31. The molecule has 0 bridgehead atoms. The number of halogens is 1. The maximum atomic E-state index is 5.34. The number of rotatable bonds is 2. The van der Waals surface area contributed by atoms with Crippen molar-refractivity contribution in [2.45, 2.75) is 0 Å². The second-order valence-electron chi connectivity index (χ2n) is 1.36. The van der Waals surface area contributed by atoms with Crippen molar-refractivity contribution in [1.29, 1.82) is 0 Å². The van der Waals surface area contributed by atoms with Gasteiger partial charge in [-0.15, -0.1) is 0 Å². The lowest BCUT2D eigenvalue weighted by molar-refractivity contribution is 1.45. The molecule has 0 rings (SSSR count). The molecule has 0 unspecified atom stereocenters. The number of allylic oxidation sites excluding steroid dienone is 3. The quantitative estimate of drug-likeness (QED) is 0.565. The second kappa shape index (κ2) is 3.33. The summed E-state index contributed by atoms with van der Waals surface area (Å²) in [5, 5.41) is 0.455. The molecular formula is C6H8ClN. The summed E-state index contributed by atoms with van der Waals surface area (Å²) in [5.41, 5.74) is 5.64. The lowest BCUT2D eigenvalue weighted by Crippen LogP contribution is -1.87.